The number of carbonyl (C=O) groups excluding carboxylic acids is 1. The van der Waals surface area contributed by atoms with Crippen molar-refractivity contribution in [2.45, 2.75) is 18.6 Å². The van der Waals surface area contributed by atoms with Crippen LogP contribution in [0.1, 0.15) is 27.5 Å². The summed E-state index contributed by atoms with van der Waals surface area (Å²) >= 11 is 13.0. The van der Waals surface area contributed by atoms with E-state index in [4.69, 9.17) is 23.2 Å². The molecular formula is C14H11Cl2NO2S. The Balaban J connectivity index is 1.85. The molecule has 1 aromatic carbocycles. The van der Waals surface area contributed by atoms with Gasteiger partial charge in [-0.1, -0.05) is 47.5 Å². The Morgan fingerprint density at radius 1 is 1.35 bits per heavy atom. The molecule has 0 spiro atoms. The minimum atomic E-state index is -0.621. The summed E-state index contributed by atoms with van der Waals surface area (Å²) in [5.74, 6) is -0.320. The van der Waals surface area contributed by atoms with Crippen molar-refractivity contribution in [2.24, 2.45) is 0 Å². The number of carbonyl (C=O) groups is 1. The van der Waals surface area contributed by atoms with Crippen LogP contribution >= 0.6 is 34.5 Å². The summed E-state index contributed by atoms with van der Waals surface area (Å²) in [6.45, 7) is 0. The molecule has 0 fully saturated rings. The van der Waals surface area contributed by atoms with Gasteiger partial charge in [0.1, 0.15) is 4.34 Å². The fraction of sp³-hybridized carbons (Fsp3) is 0.214. The molecular weight excluding hydrogens is 317 g/mol. The van der Waals surface area contributed by atoms with E-state index in [9.17, 15) is 9.90 Å². The van der Waals surface area contributed by atoms with E-state index in [1.54, 1.807) is 0 Å². The molecule has 1 aliphatic carbocycles. The summed E-state index contributed by atoms with van der Waals surface area (Å²) in [7, 11) is 0. The lowest BCUT2D eigenvalue weighted by molar-refractivity contribution is 0.0859. The molecule has 1 aliphatic rings. The highest BCUT2D eigenvalue weighted by Crippen LogP contribution is 2.34. The first-order chi connectivity index (χ1) is 9.56. The van der Waals surface area contributed by atoms with Crippen LogP contribution in [0.15, 0.2) is 30.3 Å². The van der Waals surface area contributed by atoms with E-state index in [-0.39, 0.29) is 5.91 Å². The van der Waals surface area contributed by atoms with Crippen LogP contribution in [0.4, 0.5) is 0 Å². The highest BCUT2D eigenvalue weighted by atomic mass is 35.5. The predicted octanol–water partition coefficient (Wildman–Crippen LogP) is 3.44. The van der Waals surface area contributed by atoms with Crippen LogP contribution in [0.3, 0.4) is 0 Å². The van der Waals surface area contributed by atoms with Crippen molar-refractivity contribution in [2.75, 3.05) is 0 Å². The average molecular weight is 328 g/mol. The molecule has 6 heteroatoms. The van der Waals surface area contributed by atoms with E-state index in [2.05, 4.69) is 5.32 Å². The van der Waals surface area contributed by atoms with E-state index < -0.39 is 12.1 Å². The Bertz CT molecular complexity index is 671. The van der Waals surface area contributed by atoms with Crippen molar-refractivity contribution in [1.82, 2.24) is 5.32 Å². The maximum absolute atomic E-state index is 12.2. The number of fused-ring (bicyclic) bond motifs is 1. The van der Waals surface area contributed by atoms with Gasteiger partial charge < -0.3 is 10.4 Å². The minimum absolute atomic E-state index is 0.320. The Morgan fingerprint density at radius 3 is 2.80 bits per heavy atom. The number of rotatable bonds is 2. The molecule has 0 radical (unpaired) electrons. The normalized spacial score (nSPS) is 20.8. The van der Waals surface area contributed by atoms with Crippen LogP contribution < -0.4 is 5.32 Å². The summed E-state index contributed by atoms with van der Waals surface area (Å²) < 4.78 is 0.820. The first-order valence-electron chi connectivity index (χ1n) is 6.08. The van der Waals surface area contributed by atoms with Gasteiger partial charge in [0, 0.05) is 6.42 Å². The molecule has 0 saturated heterocycles. The van der Waals surface area contributed by atoms with Gasteiger partial charge in [0.2, 0.25) is 0 Å². The van der Waals surface area contributed by atoms with Crippen molar-refractivity contribution in [1.29, 1.82) is 0 Å². The van der Waals surface area contributed by atoms with Crippen molar-refractivity contribution < 1.29 is 9.90 Å². The van der Waals surface area contributed by atoms with Crippen LogP contribution in [0.5, 0.6) is 0 Å². The zero-order valence-electron chi connectivity index (χ0n) is 10.3. The summed E-state index contributed by atoms with van der Waals surface area (Å²) in [5.41, 5.74) is 2.35. The van der Waals surface area contributed by atoms with Gasteiger partial charge in [-0.15, -0.1) is 11.3 Å². The Morgan fingerprint density at radius 2 is 2.10 bits per heavy atom. The second-order valence-electron chi connectivity index (χ2n) is 4.66. The number of amides is 1. The first kappa shape index (κ1) is 13.9. The zero-order chi connectivity index (χ0) is 14.3. The largest absolute Gasteiger partial charge is 0.390 e. The number of aliphatic hydroxyl groups is 1. The van der Waals surface area contributed by atoms with E-state index in [0.29, 0.717) is 20.7 Å². The van der Waals surface area contributed by atoms with Crippen LogP contribution in [0, 0.1) is 0 Å². The van der Waals surface area contributed by atoms with Gasteiger partial charge >= 0.3 is 0 Å². The lowest BCUT2D eigenvalue weighted by atomic mass is 10.1. The fourth-order valence-corrected chi connectivity index (χ4v) is 3.92. The molecule has 1 aromatic heterocycles. The number of hydrogen-bond donors (Lipinski definition) is 2. The van der Waals surface area contributed by atoms with Gasteiger partial charge in [-0.2, -0.15) is 0 Å². The number of nitrogens with one attached hydrogen (secondary N) is 1. The molecule has 0 bridgehead atoms. The Hall–Kier alpha value is -1.07. The average Bonchev–Trinajstić information content (AvgIpc) is 2.90. The molecule has 104 valence electrons. The summed E-state index contributed by atoms with van der Waals surface area (Å²) in [6, 6.07) is 8.82. The number of thiophene rings is 1. The van der Waals surface area contributed by atoms with E-state index >= 15 is 0 Å². The molecule has 1 amide bonds. The maximum Gasteiger partial charge on any atom is 0.254 e. The molecule has 2 N–H and O–H groups in total. The zero-order valence-corrected chi connectivity index (χ0v) is 12.6. The van der Waals surface area contributed by atoms with E-state index in [1.807, 2.05) is 24.3 Å². The molecule has 2 aromatic rings. The second-order valence-corrected chi connectivity index (χ2v) is 6.94. The number of hydrogen-bond acceptors (Lipinski definition) is 3. The summed E-state index contributed by atoms with van der Waals surface area (Å²) in [6.07, 6.45) is -0.0802. The summed E-state index contributed by atoms with van der Waals surface area (Å²) in [4.78, 5) is 12.2. The number of benzene rings is 1. The molecule has 0 saturated carbocycles. The molecule has 3 rings (SSSR count). The van der Waals surface area contributed by atoms with Crippen LogP contribution in [0.2, 0.25) is 8.67 Å². The maximum atomic E-state index is 12.2. The Labute approximate surface area is 130 Å². The lowest BCUT2D eigenvalue weighted by Crippen LogP contribution is -2.33. The highest BCUT2D eigenvalue weighted by Gasteiger charge is 2.32. The van der Waals surface area contributed by atoms with Gasteiger partial charge in [0.25, 0.3) is 5.91 Å². The topological polar surface area (TPSA) is 49.3 Å². The SMILES string of the molecule is O=C(NC1c2ccccc2CC1O)c1cc(Cl)sc1Cl. The molecule has 3 nitrogen and oxygen atoms in total. The van der Waals surface area contributed by atoms with Crippen molar-refractivity contribution in [3.05, 3.63) is 55.7 Å². The van der Waals surface area contributed by atoms with Crippen molar-refractivity contribution >= 4 is 40.4 Å². The third-order valence-corrected chi connectivity index (χ3v) is 4.88. The predicted molar refractivity (Wildman–Crippen MR) is 80.7 cm³/mol. The van der Waals surface area contributed by atoms with Gasteiger partial charge in [0.15, 0.2) is 0 Å². The monoisotopic (exact) mass is 327 g/mol. The van der Waals surface area contributed by atoms with Gasteiger partial charge in [-0.3, -0.25) is 4.79 Å². The summed E-state index contributed by atoms with van der Waals surface area (Å²) in [5, 5.41) is 12.9. The lowest BCUT2D eigenvalue weighted by Gasteiger charge is -2.17. The van der Waals surface area contributed by atoms with Gasteiger partial charge in [-0.25, -0.2) is 0 Å². The van der Waals surface area contributed by atoms with E-state index in [1.165, 1.54) is 6.07 Å². The molecule has 2 unspecified atom stereocenters. The first-order valence-corrected chi connectivity index (χ1v) is 7.65. The van der Waals surface area contributed by atoms with Crippen molar-refractivity contribution in [3.63, 3.8) is 0 Å². The molecule has 0 aliphatic heterocycles. The molecule has 1 heterocycles. The molecule has 2 atom stereocenters. The van der Waals surface area contributed by atoms with Gasteiger partial charge in [0.05, 0.1) is 22.0 Å². The minimum Gasteiger partial charge on any atom is -0.390 e. The van der Waals surface area contributed by atoms with Crippen LogP contribution in [0.25, 0.3) is 0 Å². The molecule has 20 heavy (non-hydrogen) atoms. The standard InChI is InChI=1S/C14H11Cl2NO2S/c15-11-6-9(13(16)20-11)14(19)17-12-8-4-2-1-3-7(8)5-10(12)18/h1-4,6,10,12,18H,5H2,(H,17,19). The third-order valence-electron chi connectivity index (χ3n) is 3.39. The Kier molecular flexibility index (Phi) is 3.73. The van der Waals surface area contributed by atoms with Crippen LogP contribution in [-0.2, 0) is 6.42 Å². The number of aliphatic hydroxyl groups excluding tert-OH is 1. The highest BCUT2D eigenvalue weighted by molar-refractivity contribution is 7.20. The quantitative estimate of drug-likeness (QED) is 0.887. The van der Waals surface area contributed by atoms with Gasteiger partial charge in [-0.05, 0) is 17.2 Å². The second kappa shape index (κ2) is 5.37. The smallest absolute Gasteiger partial charge is 0.254 e. The number of halogens is 2. The third kappa shape index (κ3) is 2.44. The van der Waals surface area contributed by atoms with E-state index in [0.717, 1.165) is 22.5 Å². The van der Waals surface area contributed by atoms with Crippen molar-refractivity contribution in [3.8, 4) is 0 Å². The van der Waals surface area contributed by atoms with Crippen LogP contribution in [-0.4, -0.2) is 17.1 Å². The fourth-order valence-electron chi connectivity index (χ4n) is 2.46.